The van der Waals surface area contributed by atoms with Gasteiger partial charge in [-0.15, -0.1) is 0 Å². The van der Waals surface area contributed by atoms with Gasteiger partial charge in [0.25, 0.3) is 0 Å². The molecule has 0 aromatic carbocycles. The Bertz CT molecular complexity index is 441. The molecule has 0 saturated heterocycles. The van der Waals surface area contributed by atoms with E-state index in [0.29, 0.717) is 5.92 Å². The average molecular weight is 288 g/mol. The van der Waals surface area contributed by atoms with E-state index in [4.69, 9.17) is 0 Å². The molecule has 0 fully saturated rings. The average Bonchev–Trinajstić information content (AvgIpc) is 2.36. The molecular weight excluding hydrogens is 256 g/mol. The van der Waals surface area contributed by atoms with Crippen LogP contribution in [0.5, 0.6) is 0 Å². The number of allylic oxidation sites excluding steroid dienone is 7. The zero-order chi connectivity index (χ0) is 15.9. The maximum Gasteiger partial charge on any atom is 0.0774 e. The van der Waals surface area contributed by atoms with E-state index in [2.05, 4.69) is 39.0 Å². The number of rotatable bonds is 3. The first-order valence-electron chi connectivity index (χ1n) is 8.17. The third-order valence-electron chi connectivity index (χ3n) is 4.18. The van der Waals surface area contributed by atoms with Crippen molar-refractivity contribution in [2.75, 3.05) is 0 Å². The molecule has 21 heavy (non-hydrogen) atoms. The van der Waals surface area contributed by atoms with Crippen LogP contribution in [-0.2, 0) is 0 Å². The Labute approximate surface area is 131 Å². The molecule has 0 amide bonds. The van der Waals surface area contributed by atoms with Crippen molar-refractivity contribution in [2.45, 2.75) is 72.3 Å². The summed E-state index contributed by atoms with van der Waals surface area (Å²) in [6, 6.07) is 0. The van der Waals surface area contributed by atoms with Crippen LogP contribution in [0.15, 0.2) is 47.1 Å². The minimum absolute atomic E-state index is 0.604. The Morgan fingerprint density at radius 2 is 1.86 bits per heavy atom. The second-order valence-corrected chi connectivity index (χ2v) is 7.03. The maximum absolute atomic E-state index is 9.73. The Morgan fingerprint density at radius 3 is 2.52 bits per heavy atom. The Kier molecular flexibility index (Phi) is 7.17. The highest BCUT2D eigenvalue weighted by Crippen LogP contribution is 2.26. The third-order valence-corrected chi connectivity index (χ3v) is 4.18. The van der Waals surface area contributed by atoms with E-state index < -0.39 is 5.60 Å². The quantitative estimate of drug-likeness (QED) is 0.519. The van der Waals surface area contributed by atoms with E-state index in [-0.39, 0.29) is 0 Å². The fraction of sp³-hybridized carbons (Fsp3) is 0.600. The summed E-state index contributed by atoms with van der Waals surface area (Å²) in [5.74, 6) is 0.604. The molecule has 0 bridgehead atoms. The van der Waals surface area contributed by atoms with Crippen LogP contribution in [0.3, 0.4) is 0 Å². The summed E-state index contributed by atoms with van der Waals surface area (Å²) in [5, 5.41) is 9.73. The molecule has 1 atom stereocenters. The van der Waals surface area contributed by atoms with E-state index >= 15 is 0 Å². The molecule has 1 N–H and O–H groups in total. The summed E-state index contributed by atoms with van der Waals surface area (Å²) < 4.78 is 0. The fourth-order valence-corrected chi connectivity index (χ4v) is 2.60. The van der Waals surface area contributed by atoms with Crippen LogP contribution in [-0.4, -0.2) is 10.7 Å². The molecule has 1 unspecified atom stereocenters. The molecular formula is C20H32O. The van der Waals surface area contributed by atoms with Crippen molar-refractivity contribution in [3.8, 4) is 0 Å². The van der Waals surface area contributed by atoms with Crippen LogP contribution in [0, 0.1) is 5.92 Å². The van der Waals surface area contributed by atoms with Crippen molar-refractivity contribution >= 4 is 0 Å². The molecule has 0 spiro atoms. The summed E-state index contributed by atoms with van der Waals surface area (Å²) in [6.07, 6.45) is 16.7. The van der Waals surface area contributed by atoms with Crippen molar-refractivity contribution in [1.29, 1.82) is 0 Å². The molecule has 0 heterocycles. The highest BCUT2D eigenvalue weighted by molar-refractivity contribution is 5.18. The van der Waals surface area contributed by atoms with E-state index in [9.17, 15) is 5.11 Å². The standard InChI is InChI=1S/C20H32O/c1-16-8-6-9-17(2)12-14-19(13-11-16)18(3)10-7-15-20(4,5)21/h7-8,10,12,15,19,21H,6,9,11,13-14H2,1-5H3. The lowest BCUT2D eigenvalue weighted by Gasteiger charge is -2.18. The van der Waals surface area contributed by atoms with Gasteiger partial charge in [-0.3, -0.25) is 0 Å². The SMILES string of the molecule is CC1=CCC(C(C)=CC=CC(C)(C)O)CCC(C)=CCC1. The predicted octanol–water partition coefficient (Wildman–Crippen LogP) is 5.73. The molecule has 1 nitrogen and oxygen atoms in total. The van der Waals surface area contributed by atoms with Gasteiger partial charge in [0.15, 0.2) is 0 Å². The second-order valence-electron chi connectivity index (χ2n) is 7.03. The lowest BCUT2D eigenvalue weighted by molar-refractivity contribution is 0.133. The normalized spacial score (nSPS) is 23.0. The Balaban J connectivity index is 2.79. The van der Waals surface area contributed by atoms with E-state index in [0.717, 1.165) is 6.42 Å². The molecule has 0 aromatic rings. The van der Waals surface area contributed by atoms with Gasteiger partial charge in [-0.05, 0) is 72.6 Å². The van der Waals surface area contributed by atoms with Crippen molar-refractivity contribution in [3.05, 3.63) is 47.1 Å². The molecule has 1 rings (SSSR count). The van der Waals surface area contributed by atoms with Crippen LogP contribution in [0.4, 0.5) is 0 Å². The summed E-state index contributed by atoms with van der Waals surface area (Å²) in [4.78, 5) is 0. The molecule has 0 aliphatic heterocycles. The first kappa shape index (κ1) is 18.0. The largest absolute Gasteiger partial charge is 0.386 e. The first-order valence-corrected chi connectivity index (χ1v) is 8.17. The van der Waals surface area contributed by atoms with Gasteiger partial charge in [0.05, 0.1) is 5.60 Å². The van der Waals surface area contributed by atoms with Crippen molar-refractivity contribution in [2.24, 2.45) is 5.92 Å². The molecule has 1 heteroatoms. The summed E-state index contributed by atoms with van der Waals surface area (Å²) in [5.41, 5.74) is 3.70. The molecule has 0 saturated carbocycles. The van der Waals surface area contributed by atoms with Crippen molar-refractivity contribution in [3.63, 3.8) is 0 Å². The Morgan fingerprint density at radius 1 is 1.19 bits per heavy atom. The zero-order valence-electron chi connectivity index (χ0n) is 14.4. The fourth-order valence-electron chi connectivity index (χ4n) is 2.60. The topological polar surface area (TPSA) is 20.2 Å². The van der Waals surface area contributed by atoms with Crippen LogP contribution < -0.4 is 0 Å². The van der Waals surface area contributed by atoms with E-state index in [1.54, 1.807) is 13.8 Å². The second kappa shape index (κ2) is 8.38. The third kappa shape index (κ3) is 8.06. The smallest absolute Gasteiger partial charge is 0.0774 e. The van der Waals surface area contributed by atoms with Crippen LogP contribution in [0.25, 0.3) is 0 Å². The zero-order valence-corrected chi connectivity index (χ0v) is 14.4. The Hall–Kier alpha value is -1.08. The molecule has 118 valence electrons. The highest BCUT2D eigenvalue weighted by Gasteiger charge is 2.11. The monoisotopic (exact) mass is 288 g/mol. The van der Waals surface area contributed by atoms with Crippen LogP contribution in [0.1, 0.15) is 66.7 Å². The van der Waals surface area contributed by atoms with Crippen LogP contribution >= 0.6 is 0 Å². The predicted molar refractivity (Wildman–Crippen MR) is 93.3 cm³/mol. The van der Waals surface area contributed by atoms with Gasteiger partial charge in [0.2, 0.25) is 0 Å². The molecule has 0 radical (unpaired) electrons. The lowest BCUT2D eigenvalue weighted by Crippen LogP contribution is -2.13. The molecule has 1 aliphatic rings. The maximum atomic E-state index is 9.73. The van der Waals surface area contributed by atoms with Gasteiger partial charge in [0, 0.05) is 0 Å². The van der Waals surface area contributed by atoms with Crippen molar-refractivity contribution in [1.82, 2.24) is 0 Å². The minimum atomic E-state index is -0.733. The van der Waals surface area contributed by atoms with Gasteiger partial charge in [0.1, 0.15) is 0 Å². The van der Waals surface area contributed by atoms with E-state index in [1.165, 1.54) is 42.4 Å². The first-order chi connectivity index (χ1) is 9.78. The molecule has 1 aliphatic carbocycles. The van der Waals surface area contributed by atoms with Gasteiger partial charge in [-0.25, -0.2) is 0 Å². The number of hydrogen-bond acceptors (Lipinski definition) is 1. The van der Waals surface area contributed by atoms with E-state index in [1.807, 2.05) is 12.2 Å². The summed E-state index contributed by atoms with van der Waals surface area (Å²) in [7, 11) is 0. The summed E-state index contributed by atoms with van der Waals surface area (Å²) in [6.45, 7) is 10.3. The molecule has 0 aromatic heterocycles. The number of hydrogen-bond donors (Lipinski definition) is 1. The number of aliphatic hydroxyl groups is 1. The minimum Gasteiger partial charge on any atom is -0.386 e. The van der Waals surface area contributed by atoms with Gasteiger partial charge in [-0.2, -0.15) is 0 Å². The summed E-state index contributed by atoms with van der Waals surface area (Å²) >= 11 is 0. The highest BCUT2D eigenvalue weighted by atomic mass is 16.3. The lowest BCUT2D eigenvalue weighted by atomic mass is 9.88. The van der Waals surface area contributed by atoms with Crippen molar-refractivity contribution < 1.29 is 5.11 Å². The van der Waals surface area contributed by atoms with Crippen LogP contribution in [0.2, 0.25) is 0 Å². The van der Waals surface area contributed by atoms with Gasteiger partial charge < -0.3 is 5.11 Å². The van der Waals surface area contributed by atoms with Gasteiger partial charge >= 0.3 is 0 Å². The van der Waals surface area contributed by atoms with Gasteiger partial charge in [-0.1, -0.05) is 47.1 Å².